The summed E-state index contributed by atoms with van der Waals surface area (Å²) in [6.07, 6.45) is 1.64. The van der Waals surface area contributed by atoms with E-state index in [1.807, 2.05) is 6.92 Å². The fraction of sp³-hybridized carbons (Fsp3) is 0.429. The number of carbonyl (C=O) groups excluding carboxylic acids is 1. The van der Waals surface area contributed by atoms with Crippen molar-refractivity contribution in [1.82, 2.24) is 4.90 Å². The third kappa shape index (κ3) is 2.80. The number of nitrogens with two attached hydrogens (primary N) is 1. The lowest BCUT2D eigenvalue weighted by molar-refractivity contribution is -0.145. The van der Waals surface area contributed by atoms with Gasteiger partial charge >= 0.3 is 5.97 Å². The number of carbonyl (C=O) groups is 2. The molecule has 2 unspecified atom stereocenters. The Hall–Kier alpha value is -1.56. The standard InChI is InChI=1S/C14H17BrN2O3/c1-8-3-2-6-17(12(8)14(19)20)13(18)9-4-5-10(15)11(16)7-9/h4-5,7-8,12H,2-3,6,16H2,1H3,(H,19,20). The van der Waals surface area contributed by atoms with Crippen molar-refractivity contribution in [2.75, 3.05) is 12.3 Å². The number of halogens is 1. The summed E-state index contributed by atoms with van der Waals surface area (Å²) in [4.78, 5) is 25.4. The second-order valence-corrected chi connectivity index (χ2v) is 5.99. The van der Waals surface area contributed by atoms with E-state index in [2.05, 4.69) is 15.9 Å². The van der Waals surface area contributed by atoms with Gasteiger partial charge in [0, 0.05) is 22.3 Å². The van der Waals surface area contributed by atoms with Crippen LogP contribution in [-0.4, -0.2) is 34.5 Å². The summed E-state index contributed by atoms with van der Waals surface area (Å²) < 4.78 is 0.718. The van der Waals surface area contributed by atoms with Gasteiger partial charge in [0.05, 0.1) is 0 Å². The Morgan fingerprint density at radius 2 is 2.15 bits per heavy atom. The maximum atomic E-state index is 12.5. The molecule has 1 aromatic carbocycles. The van der Waals surface area contributed by atoms with E-state index in [1.165, 1.54) is 4.90 Å². The van der Waals surface area contributed by atoms with Crippen LogP contribution in [0, 0.1) is 5.92 Å². The zero-order valence-electron chi connectivity index (χ0n) is 11.2. The summed E-state index contributed by atoms with van der Waals surface area (Å²) in [6.45, 7) is 2.34. The van der Waals surface area contributed by atoms with Crippen LogP contribution in [0.5, 0.6) is 0 Å². The number of amides is 1. The van der Waals surface area contributed by atoms with E-state index in [0.29, 0.717) is 17.8 Å². The van der Waals surface area contributed by atoms with Gasteiger partial charge in [0.25, 0.3) is 5.91 Å². The van der Waals surface area contributed by atoms with Crippen LogP contribution in [0.15, 0.2) is 22.7 Å². The first-order valence-electron chi connectivity index (χ1n) is 6.50. The van der Waals surface area contributed by atoms with Crippen LogP contribution < -0.4 is 5.73 Å². The van der Waals surface area contributed by atoms with Gasteiger partial charge in [-0.05, 0) is 52.9 Å². The van der Waals surface area contributed by atoms with Crippen LogP contribution in [0.4, 0.5) is 5.69 Å². The Bertz CT molecular complexity index is 547. The highest BCUT2D eigenvalue weighted by Gasteiger charge is 2.37. The fourth-order valence-electron chi connectivity index (χ4n) is 2.63. The van der Waals surface area contributed by atoms with Crippen LogP contribution in [-0.2, 0) is 4.79 Å². The maximum Gasteiger partial charge on any atom is 0.326 e. The third-order valence-corrected chi connectivity index (χ3v) is 4.41. The molecule has 0 saturated carbocycles. The van der Waals surface area contributed by atoms with E-state index in [1.54, 1.807) is 18.2 Å². The van der Waals surface area contributed by atoms with Crippen LogP contribution in [0.1, 0.15) is 30.1 Å². The van der Waals surface area contributed by atoms with Gasteiger partial charge in [0.15, 0.2) is 0 Å². The predicted molar refractivity (Wildman–Crippen MR) is 79.4 cm³/mol. The monoisotopic (exact) mass is 340 g/mol. The molecule has 1 aliphatic heterocycles. The molecule has 5 nitrogen and oxygen atoms in total. The first-order chi connectivity index (χ1) is 9.41. The molecule has 0 aliphatic carbocycles. The molecule has 0 spiro atoms. The van der Waals surface area contributed by atoms with Crippen LogP contribution in [0.3, 0.4) is 0 Å². The van der Waals surface area contributed by atoms with Crippen molar-refractivity contribution in [3.05, 3.63) is 28.2 Å². The Morgan fingerprint density at radius 3 is 2.75 bits per heavy atom. The summed E-state index contributed by atoms with van der Waals surface area (Å²) in [7, 11) is 0. The van der Waals surface area contributed by atoms with Gasteiger partial charge in [0.1, 0.15) is 6.04 Å². The van der Waals surface area contributed by atoms with E-state index in [-0.39, 0.29) is 11.8 Å². The molecule has 20 heavy (non-hydrogen) atoms. The fourth-order valence-corrected chi connectivity index (χ4v) is 2.88. The Kier molecular flexibility index (Phi) is 4.32. The average Bonchev–Trinajstić information content (AvgIpc) is 2.40. The van der Waals surface area contributed by atoms with Crippen molar-refractivity contribution in [2.45, 2.75) is 25.8 Å². The lowest BCUT2D eigenvalue weighted by Gasteiger charge is -2.37. The molecule has 108 valence electrons. The molecule has 2 rings (SSSR count). The highest BCUT2D eigenvalue weighted by Crippen LogP contribution is 2.27. The summed E-state index contributed by atoms with van der Waals surface area (Å²) >= 11 is 3.28. The van der Waals surface area contributed by atoms with Gasteiger partial charge in [-0.15, -0.1) is 0 Å². The zero-order valence-corrected chi connectivity index (χ0v) is 12.8. The molecule has 0 bridgehead atoms. The topological polar surface area (TPSA) is 83.6 Å². The van der Waals surface area contributed by atoms with Gasteiger partial charge < -0.3 is 15.7 Å². The van der Waals surface area contributed by atoms with Crippen LogP contribution in [0.25, 0.3) is 0 Å². The number of carboxylic acid groups (broad SMARTS) is 1. The Labute approximate surface area is 125 Å². The SMILES string of the molecule is CC1CCCN(C(=O)c2ccc(Br)c(N)c2)C1C(=O)O. The lowest BCUT2D eigenvalue weighted by Crippen LogP contribution is -2.51. The van der Waals surface area contributed by atoms with E-state index in [9.17, 15) is 14.7 Å². The number of benzene rings is 1. The van der Waals surface area contributed by atoms with E-state index in [0.717, 1.165) is 17.3 Å². The molecule has 1 heterocycles. The van der Waals surface area contributed by atoms with E-state index >= 15 is 0 Å². The highest BCUT2D eigenvalue weighted by molar-refractivity contribution is 9.10. The first-order valence-corrected chi connectivity index (χ1v) is 7.30. The van der Waals surface area contributed by atoms with Crippen molar-refractivity contribution in [3.63, 3.8) is 0 Å². The van der Waals surface area contributed by atoms with E-state index in [4.69, 9.17) is 5.73 Å². The Balaban J connectivity index is 2.30. The second-order valence-electron chi connectivity index (χ2n) is 5.14. The molecular formula is C14H17BrN2O3. The molecule has 1 fully saturated rings. The molecule has 1 aliphatic rings. The van der Waals surface area contributed by atoms with Gasteiger partial charge in [0.2, 0.25) is 0 Å². The number of hydrogen-bond acceptors (Lipinski definition) is 3. The number of piperidine rings is 1. The lowest BCUT2D eigenvalue weighted by atomic mass is 9.90. The number of nitrogen functional groups attached to an aromatic ring is 1. The van der Waals surface area contributed by atoms with Crippen molar-refractivity contribution in [3.8, 4) is 0 Å². The minimum Gasteiger partial charge on any atom is -0.480 e. The molecular weight excluding hydrogens is 324 g/mol. The van der Waals surface area contributed by atoms with Crippen molar-refractivity contribution in [1.29, 1.82) is 0 Å². The molecule has 6 heteroatoms. The summed E-state index contributed by atoms with van der Waals surface area (Å²) in [6, 6.07) is 4.17. The summed E-state index contributed by atoms with van der Waals surface area (Å²) in [5, 5.41) is 9.35. The quantitative estimate of drug-likeness (QED) is 0.809. The predicted octanol–water partition coefficient (Wildman–Crippen LogP) is 2.36. The largest absolute Gasteiger partial charge is 0.480 e. The van der Waals surface area contributed by atoms with E-state index < -0.39 is 12.0 Å². The minimum atomic E-state index is -0.948. The van der Waals surface area contributed by atoms with Crippen molar-refractivity contribution in [2.24, 2.45) is 5.92 Å². The van der Waals surface area contributed by atoms with Gasteiger partial charge in [-0.25, -0.2) is 4.79 Å². The summed E-state index contributed by atoms with van der Waals surface area (Å²) in [5.74, 6) is -1.27. The molecule has 1 amide bonds. The second kappa shape index (κ2) is 5.83. The highest BCUT2D eigenvalue weighted by atomic mass is 79.9. The number of likely N-dealkylation sites (tertiary alicyclic amines) is 1. The van der Waals surface area contributed by atoms with Gasteiger partial charge in [-0.2, -0.15) is 0 Å². The van der Waals surface area contributed by atoms with Crippen molar-refractivity contribution < 1.29 is 14.7 Å². The van der Waals surface area contributed by atoms with Crippen molar-refractivity contribution >= 4 is 33.5 Å². The normalized spacial score (nSPS) is 22.6. The third-order valence-electron chi connectivity index (χ3n) is 3.69. The number of nitrogens with zero attached hydrogens (tertiary/aromatic N) is 1. The minimum absolute atomic E-state index is 0.0435. The van der Waals surface area contributed by atoms with Crippen LogP contribution >= 0.6 is 15.9 Å². The molecule has 2 atom stereocenters. The smallest absolute Gasteiger partial charge is 0.326 e. The molecule has 0 aromatic heterocycles. The van der Waals surface area contributed by atoms with Gasteiger partial charge in [-0.1, -0.05) is 6.92 Å². The number of anilines is 1. The average molecular weight is 341 g/mol. The molecule has 1 saturated heterocycles. The first kappa shape index (κ1) is 14.8. The van der Waals surface area contributed by atoms with Gasteiger partial charge in [-0.3, -0.25) is 4.79 Å². The number of rotatable bonds is 2. The zero-order chi connectivity index (χ0) is 14.9. The maximum absolute atomic E-state index is 12.5. The molecule has 3 N–H and O–H groups in total. The number of carboxylic acids is 1. The number of aliphatic carboxylic acids is 1. The molecule has 0 radical (unpaired) electrons. The van der Waals surface area contributed by atoms with Crippen LogP contribution in [0.2, 0.25) is 0 Å². The summed E-state index contributed by atoms with van der Waals surface area (Å²) in [5.41, 5.74) is 6.66. The number of hydrogen-bond donors (Lipinski definition) is 2. The Morgan fingerprint density at radius 1 is 1.45 bits per heavy atom. The molecule has 1 aromatic rings.